The highest BCUT2D eigenvalue weighted by Crippen LogP contribution is 2.29. The molecule has 2 nitrogen and oxygen atoms in total. The lowest BCUT2D eigenvalue weighted by Crippen LogP contribution is -2.35. The zero-order chi connectivity index (χ0) is 11.0. The summed E-state index contributed by atoms with van der Waals surface area (Å²) in [4.78, 5) is 0. The minimum absolute atomic E-state index is 0.0914. The molecule has 0 aromatic rings. The molecule has 0 rings (SSSR count). The highest BCUT2D eigenvalue weighted by Gasteiger charge is 2.30. The highest BCUT2D eigenvalue weighted by molar-refractivity contribution is 4.81. The molecular weight excluding hydrogens is 176 g/mol. The molecule has 2 N–H and O–H groups in total. The molecule has 0 saturated carbocycles. The first kappa shape index (κ1) is 13.9. The average molecular weight is 202 g/mol. The molecule has 0 amide bonds. The van der Waals surface area contributed by atoms with E-state index in [-0.39, 0.29) is 18.1 Å². The van der Waals surface area contributed by atoms with Crippen LogP contribution < -0.4 is 0 Å². The molecule has 2 heteroatoms. The molecule has 0 bridgehead atoms. The first-order valence-corrected chi connectivity index (χ1v) is 5.89. The van der Waals surface area contributed by atoms with Crippen molar-refractivity contribution in [2.24, 2.45) is 5.41 Å². The van der Waals surface area contributed by atoms with Crippen molar-refractivity contribution in [1.29, 1.82) is 0 Å². The van der Waals surface area contributed by atoms with Crippen LogP contribution in [0.4, 0.5) is 0 Å². The second kappa shape index (κ2) is 7.24. The van der Waals surface area contributed by atoms with Crippen LogP contribution in [0.15, 0.2) is 0 Å². The van der Waals surface area contributed by atoms with Gasteiger partial charge in [-0.25, -0.2) is 0 Å². The molecule has 0 radical (unpaired) electrons. The Morgan fingerprint density at radius 3 is 2.21 bits per heavy atom. The lowest BCUT2D eigenvalue weighted by Gasteiger charge is -2.32. The lowest BCUT2D eigenvalue weighted by atomic mass is 9.79. The summed E-state index contributed by atoms with van der Waals surface area (Å²) in [5, 5.41) is 19.2. The summed E-state index contributed by atoms with van der Waals surface area (Å²) >= 11 is 0. The van der Waals surface area contributed by atoms with Gasteiger partial charge in [0.25, 0.3) is 0 Å². The summed E-state index contributed by atoms with van der Waals surface area (Å²) < 4.78 is 0. The normalized spacial score (nSPS) is 17.8. The van der Waals surface area contributed by atoms with Gasteiger partial charge in [-0.2, -0.15) is 0 Å². The van der Waals surface area contributed by atoms with Gasteiger partial charge in [0.15, 0.2) is 0 Å². The van der Waals surface area contributed by atoms with Crippen LogP contribution in [0.5, 0.6) is 0 Å². The topological polar surface area (TPSA) is 40.5 Å². The van der Waals surface area contributed by atoms with Crippen LogP contribution in [0.3, 0.4) is 0 Å². The summed E-state index contributed by atoms with van der Waals surface area (Å²) in [5.74, 6) is 0. The Morgan fingerprint density at radius 2 is 1.79 bits per heavy atom. The third kappa shape index (κ3) is 4.43. The van der Waals surface area contributed by atoms with E-state index < -0.39 is 0 Å². The van der Waals surface area contributed by atoms with Gasteiger partial charge in [-0.3, -0.25) is 0 Å². The van der Waals surface area contributed by atoms with Gasteiger partial charge in [0, 0.05) is 5.41 Å². The molecule has 0 aliphatic rings. The number of hydrogen-bond acceptors (Lipinski definition) is 2. The standard InChI is InChI=1S/C12H26O2/c1-4-6-7-8-11(14)12(3,10-13)9-5-2/h11,13-14H,4-10H2,1-3H3. The van der Waals surface area contributed by atoms with Gasteiger partial charge >= 0.3 is 0 Å². The van der Waals surface area contributed by atoms with Gasteiger partial charge in [-0.15, -0.1) is 0 Å². The van der Waals surface area contributed by atoms with Crippen molar-refractivity contribution in [2.45, 2.75) is 65.4 Å². The first-order valence-electron chi connectivity index (χ1n) is 5.89. The fraction of sp³-hybridized carbons (Fsp3) is 1.00. The fourth-order valence-electron chi connectivity index (χ4n) is 1.86. The van der Waals surface area contributed by atoms with Crippen LogP contribution in [-0.4, -0.2) is 22.9 Å². The van der Waals surface area contributed by atoms with Gasteiger partial charge in [0.2, 0.25) is 0 Å². The predicted molar refractivity (Wildman–Crippen MR) is 60.2 cm³/mol. The van der Waals surface area contributed by atoms with E-state index in [1.807, 2.05) is 6.92 Å². The highest BCUT2D eigenvalue weighted by atomic mass is 16.3. The van der Waals surface area contributed by atoms with E-state index in [1.165, 1.54) is 12.8 Å². The molecule has 2 unspecified atom stereocenters. The summed E-state index contributed by atoms with van der Waals surface area (Å²) in [6.45, 7) is 6.32. The first-order chi connectivity index (χ1) is 6.60. The van der Waals surface area contributed by atoms with Crippen LogP contribution >= 0.6 is 0 Å². The van der Waals surface area contributed by atoms with E-state index in [9.17, 15) is 10.2 Å². The van der Waals surface area contributed by atoms with Gasteiger partial charge in [0.05, 0.1) is 12.7 Å². The predicted octanol–water partition coefficient (Wildman–Crippen LogP) is 2.73. The number of aliphatic hydroxyl groups is 2. The zero-order valence-corrected chi connectivity index (χ0v) is 9.92. The Morgan fingerprint density at radius 1 is 1.14 bits per heavy atom. The molecule has 0 fully saturated rings. The monoisotopic (exact) mass is 202 g/mol. The maximum Gasteiger partial charge on any atom is 0.0615 e. The minimum Gasteiger partial charge on any atom is -0.396 e. The minimum atomic E-state index is -0.348. The second-order valence-electron chi connectivity index (χ2n) is 4.57. The van der Waals surface area contributed by atoms with Crippen LogP contribution in [0.1, 0.15) is 59.3 Å². The summed E-state index contributed by atoms with van der Waals surface area (Å²) in [7, 11) is 0. The largest absolute Gasteiger partial charge is 0.396 e. The number of hydrogen-bond donors (Lipinski definition) is 2. The lowest BCUT2D eigenvalue weighted by molar-refractivity contribution is -0.0172. The van der Waals surface area contributed by atoms with E-state index in [2.05, 4.69) is 13.8 Å². The number of aliphatic hydroxyl groups excluding tert-OH is 2. The Hall–Kier alpha value is -0.0800. The third-order valence-corrected chi connectivity index (χ3v) is 3.07. The molecule has 0 aliphatic carbocycles. The van der Waals surface area contributed by atoms with Crippen molar-refractivity contribution in [3.63, 3.8) is 0 Å². The maximum atomic E-state index is 9.97. The molecule has 0 aromatic carbocycles. The van der Waals surface area contributed by atoms with E-state index in [0.717, 1.165) is 25.7 Å². The van der Waals surface area contributed by atoms with E-state index in [4.69, 9.17) is 0 Å². The molecule has 0 aliphatic heterocycles. The molecule has 14 heavy (non-hydrogen) atoms. The van der Waals surface area contributed by atoms with E-state index in [1.54, 1.807) is 0 Å². The molecule has 0 saturated heterocycles. The Bertz CT molecular complexity index is 136. The van der Waals surface area contributed by atoms with Crippen LogP contribution in [0.2, 0.25) is 0 Å². The van der Waals surface area contributed by atoms with Crippen LogP contribution in [0, 0.1) is 5.41 Å². The van der Waals surface area contributed by atoms with Crippen molar-refractivity contribution < 1.29 is 10.2 Å². The van der Waals surface area contributed by atoms with Gasteiger partial charge in [-0.1, -0.05) is 46.5 Å². The number of rotatable bonds is 8. The Labute approximate surface area is 88.3 Å². The summed E-state index contributed by atoms with van der Waals surface area (Å²) in [6.07, 6.45) is 5.81. The Balaban J connectivity index is 3.95. The molecule has 0 aromatic heterocycles. The fourth-order valence-corrected chi connectivity index (χ4v) is 1.86. The van der Waals surface area contributed by atoms with Crippen molar-refractivity contribution in [3.05, 3.63) is 0 Å². The van der Waals surface area contributed by atoms with Crippen LogP contribution in [0.25, 0.3) is 0 Å². The van der Waals surface area contributed by atoms with Crippen molar-refractivity contribution >= 4 is 0 Å². The Kier molecular flexibility index (Phi) is 7.20. The third-order valence-electron chi connectivity index (χ3n) is 3.07. The summed E-state index contributed by atoms with van der Waals surface area (Å²) in [5.41, 5.74) is -0.289. The molecular formula is C12H26O2. The van der Waals surface area contributed by atoms with Crippen molar-refractivity contribution in [1.82, 2.24) is 0 Å². The quantitative estimate of drug-likeness (QED) is 0.594. The molecule has 0 spiro atoms. The van der Waals surface area contributed by atoms with Gasteiger partial charge in [-0.05, 0) is 12.8 Å². The number of unbranched alkanes of at least 4 members (excludes halogenated alkanes) is 2. The molecule has 86 valence electrons. The van der Waals surface area contributed by atoms with Gasteiger partial charge in [0.1, 0.15) is 0 Å². The maximum absolute atomic E-state index is 9.97. The summed E-state index contributed by atoms with van der Waals surface area (Å²) in [6, 6.07) is 0. The van der Waals surface area contributed by atoms with E-state index >= 15 is 0 Å². The van der Waals surface area contributed by atoms with Crippen molar-refractivity contribution in [2.75, 3.05) is 6.61 Å². The van der Waals surface area contributed by atoms with Crippen LogP contribution in [-0.2, 0) is 0 Å². The zero-order valence-electron chi connectivity index (χ0n) is 9.92. The molecule has 0 heterocycles. The second-order valence-corrected chi connectivity index (χ2v) is 4.57. The van der Waals surface area contributed by atoms with Crippen molar-refractivity contribution in [3.8, 4) is 0 Å². The van der Waals surface area contributed by atoms with E-state index in [0.29, 0.717) is 0 Å². The smallest absolute Gasteiger partial charge is 0.0615 e. The SMILES string of the molecule is CCCCCC(O)C(C)(CO)CCC. The molecule has 2 atom stereocenters. The average Bonchev–Trinajstić information content (AvgIpc) is 2.18. The van der Waals surface area contributed by atoms with Gasteiger partial charge < -0.3 is 10.2 Å².